The molecule has 0 amide bonds. The first kappa shape index (κ1) is 14.3. The van der Waals surface area contributed by atoms with Crippen LogP contribution in [0.5, 0.6) is 0 Å². The fourth-order valence-electron chi connectivity index (χ4n) is 3.37. The number of benzene rings is 1. The van der Waals surface area contributed by atoms with E-state index in [4.69, 9.17) is 15.2 Å². The topological polar surface area (TPSA) is 61.6 Å². The Hall–Kier alpha value is -1.62. The van der Waals surface area contributed by atoms with Crippen LogP contribution in [0.4, 0.5) is 10.1 Å². The number of rotatable bonds is 3. The van der Waals surface area contributed by atoms with Crippen molar-refractivity contribution in [2.45, 2.75) is 50.2 Å². The summed E-state index contributed by atoms with van der Waals surface area (Å²) in [4.78, 5) is 12.0. The van der Waals surface area contributed by atoms with E-state index in [1.807, 2.05) is 0 Å². The molecule has 5 heteroatoms. The molecule has 2 aliphatic rings. The van der Waals surface area contributed by atoms with Gasteiger partial charge in [-0.2, -0.15) is 0 Å². The van der Waals surface area contributed by atoms with E-state index < -0.39 is 11.8 Å². The van der Waals surface area contributed by atoms with Crippen LogP contribution in [0, 0.1) is 5.82 Å². The van der Waals surface area contributed by atoms with Crippen molar-refractivity contribution in [2.24, 2.45) is 0 Å². The molecule has 2 fully saturated rings. The summed E-state index contributed by atoms with van der Waals surface area (Å²) in [6.45, 7) is 0.234. The minimum atomic E-state index is -0.525. The molecule has 114 valence electrons. The van der Waals surface area contributed by atoms with Gasteiger partial charge in [-0.1, -0.05) is 12.8 Å². The van der Waals surface area contributed by atoms with Gasteiger partial charge < -0.3 is 15.2 Å². The van der Waals surface area contributed by atoms with Gasteiger partial charge in [0.15, 0.2) is 0 Å². The Kier molecular flexibility index (Phi) is 3.85. The first-order chi connectivity index (χ1) is 10.1. The fourth-order valence-corrected chi connectivity index (χ4v) is 3.37. The summed E-state index contributed by atoms with van der Waals surface area (Å²) in [6.07, 6.45) is 6.61. The maximum Gasteiger partial charge on any atom is 0.340 e. The smallest absolute Gasteiger partial charge is 0.340 e. The molecule has 2 N–H and O–H groups in total. The first-order valence-corrected chi connectivity index (χ1v) is 7.48. The standard InChI is InChI=1S/C16H20FNO3/c17-11-3-4-13(14(18)9-11)15(19)20-10-12-5-8-16(21-12)6-1-2-7-16/h3-4,9,12H,1-2,5-8,10,18H2. The van der Waals surface area contributed by atoms with Gasteiger partial charge in [-0.05, 0) is 43.9 Å². The van der Waals surface area contributed by atoms with Gasteiger partial charge in [-0.15, -0.1) is 0 Å². The summed E-state index contributed by atoms with van der Waals surface area (Å²) in [5, 5.41) is 0. The predicted octanol–water partition coefficient (Wildman–Crippen LogP) is 3.06. The zero-order chi connectivity index (χ0) is 14.9. The number of carbonyl (C=O) groups is 1. The van der Waals surface area contributed by atoms with E-state index in [1.165, 1.54) is 25.0 Å². The molecule has 1 atom stereocenters. The molecule has 1 saturated heterocycles. The molecule has 1 spiro atoms. The number of hydrogen-bond donors (Lipinski definition) is 1. The Morgan fingerprint density at radius 1 is 1.38 bits per heavy atom. The minimum absolute atomic E-state index is 0.0336. The number of esters is 1. The molecule has 0 bridgehead atoms. The molecule has 1 heterocycles. The van der Waals surface area contributed by atoms with Gasteiger partial charge in [0, 0.05) is 5.69 Å². The third-order valence-electron chi connectivity index (χ3n) is 4.49. The van der Waals surface area contributed by atoms with Crippen LogP contribution in [0.15, 0.2) is 18.2 Å². The molecule has 4 nitrogen and oxygen atoms in total. The Morgan fingerprint density at radius 2 is 2.14 bits per heavy atom. The molecule has 1 aromatic rings. The Morgan fingerprint density at radius 3 is 2.86 bits per heavy atom. The molecule has 0 radical (unpaired) electrons. The van der Waals surface area contributed by atoms with Crippen molar-refractivity contribution in [2.75, 3.05) is 12.3 Å². The van der Waals surface area contributed by atoms with Crippen molar-refractivity contribution in [1.82, 2.24) is 0 Å². The number of carbonyl (C=O) groups excluding carboxylic acids is 1. The highest BCUT2D eigenvalue weighted by Crippen LogP contribution is 2.43. The monoisotopic (exact) mass is 293 g/mol. The highest BCUT2D eigenvalue weighted by Gasteiger charge is 2.42. The maximum absolute atomic E-state index is 13.0. The van der Waals surface area contributed by atoms with E-state index in [1.54, 1.807) is 0 Å². The van der Waals surface area contributed by atoms with Crippen molar-refractivity contribution in [3.05, 3.63) is 29.6 Å². The lowest BCUT2D eigenvalue weighted by molar-refractivity contribution is -0.0597. The lowest BCUT2D eigenvalue weighted by atomic mass is 9.98. The van der Waals surface area contributed by atoms with Crippen LogP contribution in [-0.4, -0.2) is 24.3 Å². The lowest BCUT2D eigenvalue weighted by Gasteiger charge is -2.23. The largest absolute Gasteiger partial charge is 0.459 e. The van der Waals surface area contributed by atoms with Crippen molar-refractivity contribution in [3.63, 3.8) is 0 Å². The van der Waals surface area contributed by atoms with Crippen molar-refractivity contribution < 1.29 is 18.7 Å². The summed E-state index contributed by atoms with van der Waals surface area (Å²) in [6, 6.07) is 3.67. The molecular weight excluding hydrogens is 273 g/mol. The van der Waals surface area contributed by atoms with Crippen LogP contribution < -0.4 is 5.73 Å². The SMILES string of the molecule is Nc1cc(F)ccc1C(=O)OCC1CCC2(CCCC2)O1. The molecule has 3 rings (SSSR count). The van der Waals surface area contributed by atoms with Crippen molar-refractivity contribution in [3.8, 4) is 0 Å². The van der Waals surface area contributed by atoms with E-state index in [0.717, 1.165) is 31.7 Å². The molecule has 1 aromatic carbocycles. The molecule has 1 aliphatic heterocycles. The summed E-state index contributed by atoms with van der Waals surface area (Å²) in [7, 11) is 0. The highest BCUT2D eigenvalue weighted by molar-refractivity contribution is 5.95. The third-order valence-corrected chi connectivity index (χ3v) is 4.49. The average molecular weight is 293 g/mol. The van der Waals surface area contributed by atoms with E-state index in [2.05, 4.69) is 0 Å². The van der Waals surface area contributed by atoms with Gasteiger partial charge in [0.25, 0.3) is 0 Å². The summed E-state index contributed by atoms with van der Waals surface area (Å²) >= 11 is 0. The van der Waals surface area contributed by atoms with Crippen LogP contribution >= 0.6 is 0 Å². The van der Waals surface area contributed by atoms with Crippen LogP contribution in [0.3, 0.4) is 0 Å². The van der Waals surface area contributed by atoms with Gasteiger partial charge in [-0.3, -0.25) is 0 Å². The fraction of sp³-hybridized carbons (Fsp3) is 0.562. The van der Waals surface area contributed by atoms with E-state index in [0.29, 0.717) is 0 Å². The Bertz CT molecular complexity index is 540. The van der Waals surface area contributed by atoms with Gasteiger partial charge >= 0.3 is 5.97 Å². The number of nitrogens with two attached hydrogens (primary N) is 1. The van der Waals surface area contributed by atoms with E-state index >= 15 is 0 Å². The normalized spacial score (nSPS) is 23.6. The third kappa shape index (κ3) is 3.02. The second-order valence-electron chi connectivity index (χ2n) is 6.00. The zero-order valence-electron chi connectivity index (χ0n) is 11.9. The van der Waals surface area contributed by atoms with Crippen LogP contribution in [-0.2, 0) is 9.47 Å². The summed E-state index contributed by atoms with van der Waals surface area (Å²) < 4.78 is 24.3. The molecular formula is C16H20FNO3. The van der Waals surface area contributed by atoms with Crippen LogP contribution in [0.1, 0.15) is 48.9 Å². The number of hydrogen-bond acceptors (Lipinski definition) is 4. The van der Waals surface area contributed by atoms with Gasteiger partial charge in [0.1, 0.15) is 12.4 Å². The Labute approximate surface area is 123 Å². The van der Waals surface area contributed by atoms with E-state index in [-0.39, 0.29) is 29.6 Å². The number of halogens is 1. The Balaban J connectivity index is 1.54. The molecule has 1 unspecified atom stereocenters. The van der Waals surface area contributed by atoms with Crippen molar-refractivity contribution in [1.29, 1.82) is 0 Å². The summed E-state index contributed by atoms with van der Waals surface area (Å²) in [5.74, 6) is -0.991. The predicted molar refractivity (Wildman–Crippen MR) is 76.4 cm³/mol. The number of ether oxygens (including phenoxy) is 2. The highest BCUT2D eigenvalue weighted by atomic mass is 19.1. The molecule has 1 saturated carbocycles. The molecule has 1 aliphatic carbocycles. The average Bonchev–Trinajstić information content (AvgIpc) is 3.07. The zero-order valence-corrected chi connectivity index (χ0v) is 11.9. The summed E-state index contributed by atoms with van der Waals surface area (Å²) in [5.41, 5.74) is 5.96. The van der Waals surface area contributed by atoms with Gasteiger partial charge in [-0.25, -0.2) is 9.18 Å². The minimum Gasteiger partial charge on any atom is -0.459 e. The first-order valence-electron chi connectivity index (χ1n) is 7.48. The second kappa shape index (κ2) is 5.64. The van der Waals surface area contributed by atoms with Crippen LogP contribution in [0.2, 0.25) is 0 Å². The van der Waals surface area contributed by atoms with Crippen LogP contribution in [0.25, 0.3) is 0 Å². The molecule has 21 heavy (non-hydrogen) atoms. The van der Waals surface area contributed by atoms with Gasteiger partial charge in [0.05, 0.1) is 17.3 Å². The number of anilines is 1. The molecule has 0 aromatic heterocycles. The van der Waals surface area contributed by atoms with Crippen molar-refractivity contribution >= 4 is 11.7 Å². The van der Waals surface area contributed by atoms with E-state index in [9.17, 15) is 9.18 Å². The quantitative estimate of drug-likeness (QED) is 0.687. The maximum atomic E-state index is 13.0. The second-order valence-corrected chi connectivity index (χ2v) is 6.00. The lowest BCUT2D eigenvalue weighted by Crippen LogP contribution is -2.27. The number of nitrogen functional groups attached to an aromatic ring is 1. The van der Waals surface area contributed by atoms with Gasteiger partial charge in [0.2, 0.25) is 0 Å².